The maximum Gasteiger partial charge on any atom is 0.416 e. The highest BCUT2D eigenvalue weighted by Gasteiger charge is 2.31. The molecule has 0 spiro atoms. The van der Waals surface area contributed by atoms with E-state index in [9.17, 15) is 17.6 Å². The van der Waals surface area contributed by atoms with Gasteiger partial charge >= 0.3 is 6.18 Å². The van der Waals surface area contributed by atoms with Crippen LogP contribution >= 0.6 is 0 Å². The molecule has 0 aliphatic heterocycles. The Labute approximate surface area is 184 Å². The number of ether oxygens (including phenoxy) is 2. The molecule has 170 valence electrons. The summed E-state index contributed by atoms with van der Waals surface area (Å²) in [5.74, 6) is -0.556. The van der Waals surface area contributed by atoms with E-state index < -0.39 is 26.4 Å². The highest BCUT2D eigenvalue weighted by atomic mass is 28.3. The second-order valence-corrected chi connectivity index (χ2v) is 11.0. The van der Waals surface area contributed by atoms with Crippen LogP contribution in [-0.2, 0) is 10.9 Å². The van der Waals surface area contributed by atoms with E-state index in [-0.39, 0.29) is 24.1 Å². The summed E-state index contributed by atoms with van der Waals surface area (Å²) < 4.78 is 65.4. The van der Waals surface area contributed by atoms with Gasteiger partial charge < -0.3 is 15.2 Å². The third kappa shape index (κ3) is 6.04. The molecule has 2 aromatic carbocycles. The van der Waals surface area contributed by atoms with E-state index in [4.69, 9.17) is 15.2 Å². The molecule has 0 bridgehead atoms. The molecule has 2 N–H and O–H groups in total. The third-order valence-electron chi connectivity index (χ3n) is 4.71. The summed E-state index contributed by atoms with van der Waals surface area (Å²) in [5.41, 5.74) is 5.94. The van der Waals surface area contributed by atoms with Gasteiger partial charge in [-0.3, -0.25) is 0 Å². The van der Waals surface area contributed by atoms with Crippen LogP contribution in [0.15, 0.2) is 48.8 Å². The van der Waals surface area contributed by atoms with Crippen LogP contribution in [0.3, 0.4) is 0 Å². The molecule has 10 heteroatoms. The fourth-order valence-corrected chi connectivity index (χ4v) is 3.57. The van der Waals surface area contributed by atoms with E-state index in [1.165, 1.54) is 30.6 Å². The number of nitrogen functional groups attached to an aromatic ring is 1. The van der Waals surface area contributed by atoms with E-state index in [1.807, 2.05) is 0 Å². The van der Waals surface area contributed by atoms with Gasteiger partial charge in [-0.2, -0.15) is 13.2 Å². The van der Waals surface area contributed by atoms with Crippen molar-refractivity contribution >= 4 is 14.7 Å². The maximum absolute atomic E-state index is 14.8. The van der Waals surface area contributed by atoms with Crippen molar-refractivity contribution in [1.82, 2.24) is 9.97 Å². The standard InChI is InChI=1S/C22H23F4N3O2Si/c1-32(2)8-7-30-13-31-20-10-16(22(24,25)26)4-6-18(20)14-3-5-17(19(23)9-14)15-11-28-21(27)29-12-15/h3-6,9-12,32H,7-8,13H2,1-2H3,(H2,27,28,29). The van der Waals surface area contributed by atoms with Gasteiger partial charge in [-0.25, -0.2) is 14.4 Å². The molecule has 5 nitrogen and oxygen atoms in total. The van der Waals surface area contributed by atoms with Crippen LogP contribution in [0, 0.1) is 5.82 Å². The minimum Gasteiger partial charge on any atom is -0.467 e. The number of alkyl halides is 3. The number of halogens is 4. The second kappa shape index (κ2) is 10.1. The highest BCUT2D eigenvalue weighted by molar-refractivity contribution is 6.55. The summed E-state index contributed by atoms with van der Waals surface area (Å²) >= 11 is 0. The topological polar surface area (TPSA) is 70.3 Å². The molecule has 0 atom stereocenters. The SMILES string of the molecule is C[SiH](C)CCOCOc1cc(C(F)(F)F)ccc1-c1ccc(-c2cnc(N)nc2)c(F)c1. The zero-order valence-corrected chi connectivity index (χ0v) is 18.8. The molecule has 3 aromatic rings. The molecular formula is C22H23F4N3O2Si. The van der Waals surface area contributed by atoms with Gasteiger partial charge in [0.1, 0.15) is 11.6 Å². The van der Waals surface area contributed by atoms with E-state index >= 15 is 0 Å². The van der Waals surface area contributed by atoms with Crippen LogP contribution < -0.4 is 10.5 Å². The first-order valence-electron chi connectivity index (χ1n) is 9.94. The number of hydrogen-bond acceptors (Lipinski definition) is 5. The van der Waals surface area contributed by atoms with Crippen molar-refractivity contribution in [2.45, 2.75) is 25.3 Å². The molecule has 0 saturated heterocycles. The van der Waals surface area contributed by atoms with Crippen molar-refractivity contribution in [3.05, 3.63) is 60.2 Å². The van der Waals surface area contributed by atoms with Crippen LogP contribution in [0.2, 0.25) is 19.1 Å². The first-order valence-corrected chi connectivity index (χ1v) is 13.1. The summed E-state index contributed by atoms with van der Waals surface area (Å²) in [5, 5.41) is 0. The Morgan fingerprint density at radius 3 is 2.28 bits per heavy atom. The van der Waals surface area contributed by atoms with Crippen molar-refractivity contribution in [2.75, 3.05) is 19.1 Å². The third-order valence-corrected chi connectivity index (χ3v) is 6.10. The molecule has 1 heterocycles. The molecule has 0 saturated carbocycles. The van der Waals surface area contributed by atoms with Gasteiger partial charge in [-0.15, -0.1) is 0 Å². The minimum atomic E-state index is -4.54. The maximum atomic E-state index is 14.8. The lowest BCUT2D eigenvalue weighted by Crippen LogP contribution is -2.10. The predicted molar refractivity (Wildman–Crippen MR) is 117 cm³/mol. The Morgan fingerprint density at radius 1 is 0.969 bits per heavy atom. The average Bonchev–Trinajstić information content (AvgIpc) is 2.73. The highest BCUT2D eigenvalue weighted by Crippen LogP contribution is 2.38. The van der Waals surface area contributed by atoms with Gasteiger partial charge in [0.2, 0.25) is 5.95 Å². The molecule has 0 aliphatic carbocycles. The lowest BCUT2D eigenvalue weighted by atomic mass is 9.99. The molecule has 0 unspecified atom stereocenters. The Bertz CT molecular complexity index is 1060. The van der Waals surface area contributed by atoms with Crippen molar-refractivity contribution < 1.29 is 27.0 Å². The van der Waals surface area contributed by atoms with Gasteiger partial charge in [-0.05, 0) is 29.8 Å². The quantitative estimate of drug-likeness (QED) is 0.209. The van der Waals surface area contributed by atoms with E-state index in [2.05, 4.69) is 23.1 Å². The van der Waals surface area contributed by atoms with Crippen LogP contribution in [0.5, 0.6) is 5.75 Å². The summed E-state index contributed by atoms with van der Waals surface area (Å²) in [6, 6.07) is 8.36. The van der Waals surface area contributed by atoms with Crippen LogP contribution in [-0.4, -0.2) is 32.2 Å². The molecule has 1 aromatic heterocycles. The zero-order valence-electron chi connectivity index (χ0n) is 17.6. The number of nitrogens with zero attached hydrogens (tertiary/aromatic N) is 2. The van der Waals surface area contributed by atoms with Gasteiger partial charge in [0.05, 0.1) is 5.56 Å². The molecule has 3 rings (SSSR count). The smallest absolute Gasteiger partial charge is 0.416 e. The molecule has 0 aliphatic rings. The summed E-state index contributed by atoms with van der Waals surface area (Å²) in [7, 11) is -0.803. The fraction of sp³-hybridized carbons (Fsp3) is 0.273. The zero-order chi connectivity index (χ0) is 23.3. The predicted octanol–water partition coefficient (Wildman–Crippen LogP) is 5.39. The van der Waals surface area contributed by atoms with E-state index in [0.29, 0.717) is 23.3 Å². The molecule has 0 radical (unpaired) electrons. The first kappa shape index (κ1) is 23.7. The number of rotatable bonds is 8. The lowest BCUT2D eigenvalue weighted by molar-refractivity contribution is -0.137. The number of anilines is 1. The fourth-order valence-electron chi connectivity index (χ4n) is 2.93. The van der Waals surface area contributed by atoms with Crippen LogP contribution in [0.4, 0.5) is 23.5 Å². The van der Waals surface area contributed by atoms with Gasteiger partial charge in [0.15, 0.2) is 6.79 Å². The Hall–Kier alpha value is -2.98. The second-order valence-electron chi connectivity index (χ2n) is 7.59. The number of hydrogen-bond donors (Lipinski definition) is 1. The van der Waals surface area contributed by atoms with Crippen LogP contribution in [0.25, 0.3) is 22.3 Å². The van der Waals surface area contributed by atoms with Gasteiger partial charge in [-0.1, -0.05) is 31.3 Å². The van der Waals surface area contributed by atoms with Gasteiger partial charge in [0.25, 0.3) is 0 Å². The van der Waals surface area contributed by atoms with Crippen molar-refractivity contribution in [3.63, 3.8) is 0 Å². The van der Waals surface area contributed by atoms with Crippen molar-refractivity contribution in [3.8, 4) is 28.0 Å². The Morgan fingerprint density at radius 2 is 1.66 bits per heavy atom. The molecule has 0 amide bonds. The van der Waals surface area contributed by atoms with Crippen LogP contribution in [0.1, 0.15) is 5.56 Å². The molecule has 32 heavy (non-hydrogen) atoms. The monoisotopic (exact) mass is 465 g/mol. The Kier molecular flexibility index (Phi) is 7.47. The van der Waals surface area contributed by atoms with Gasteiger partial charge in [0, 0.05) is 44.5 Å². The molecular weight excluding hydrogens is 442 g/mol. The van der Waals surface area contributed by atoms with E-state index in [1.54, 1.807) is 6.07 Å². The summed E-state index contributed by atoms with van der Waals surface area (Å²) in [4.78, 5) is 7.69. The first-order chi connectivity index (χ1) is 15.1. The van der Waals surface area contributed by atoms with Crippen molar-refractivity contribution in [1.29, 1.82) is 0 Å². The van der Waals surface area contributed by atoms with E-state index in [0.717, 1.165) is 18.2 Å². The Balaban J connectivity index is 1.89. The largest absolute Gasteiger partial charge is 0.467 e. The minimum absolute atomic E-state index is 0.0374. The number of aromatic nitrogens is 2. The normalized spacial score (nSPS) is 11.7. The summed E-state index contributed by atoms with van der Waals surface area (Å²) in [6.45, 7) is 4.62. The number of nitrogens with two attached hydrogens (primary N) is 1. The summed E-state index contributed by atoms with van der Waals surface area (Å²) in [6.07, 6.45) is -1.75. The number of benzene rings is 2. The lowest BCUT2D eigenvalue weighted by Gasteiger charge is -2.16. The average molecular weight is 466 g/mol. The molecule has 0 fully saturated rings. The van der Waals surface area contributed by atoms with Crippen molar-refractivity contribution in [2.24, 2.45) is 0 Å².